The fourth-order valence-corrected chi connectivity index (χ4v) is 7.06. The highest BCUT2D eigenvalue weighted by molar-refractivity contribution is 7.17. The Kier molecular flexibility index (Phi) is 9.72. The monoisotopic (exact) mass is 590 g/mol. The van der Waals surface area contributed by atoms with Gasteiger partial charge in [0.25, 0.3) is 5.56 Å². The number of nitrogens with zero attached hydrogens (tertiary/aromatic N) is 3. The Labute approximate surface area is 251 Å². The van der Waals surface area contributed by atoms with E-state index in [0.29, 0.717) is 6.61 Å². The average Bonchev–Trinajstić information content (AvgIpc) is 3.51. The molecule has 1 aliphatic heterocycles. The van der Waals surface area contributed by atoms with Gasteiger partial charge in [0.15, 0.2) is 0 Å². The summed E-state index contributed by atoms with van der Waals surface area (Å²) in [4.78, 5) is 17.7. The second-order valence-corrected chi connectivity index (χ2v) is 12.4. The van der Waals surface area contributed by atoms with Crippen molar-refractivity contribution in [3.8, 4) is 5.75 Å². The number of nitrogens with one attached hydrogen (secondary N) is 1. The van der Waals surface area contributed by atoms with Crippen molar-refractivity contribution in [3.05, 3.63) is 70.3 Å². The average molecular weight is 591 g/mol. The number of hydrogen-bond acceptors (Lipinski definition) is 8. The minimum atomic E-state index is -1.10. The van der Waals surface area contributed by atoms with Crippen LogP contribution in [0, 0.1) is 0 Å². The molecule has 1 aliphatic carbocycles. The van der Waals surface area contributed by atoms with E-state index in [9.17, 15) is 9.90 Å². The summed E-state index contributed by atoms with van der Waals surface area (Å²) < 4.78 is 14.6. The van der Waals surface area contributed by atoms with Gasteiger partial charge in [-0.05, 0) is 79.4 Å². The lowest BCUT2D eigenvalue weighted by atomic mass is 9.96. The number of benzene rings is 2. The second-order valence-electron chi connectivity index (χ2n) is 11.5. The van der Waals surface area contributed by atoms with Crippen LogP contribution in [0.25, 0.3) is 21.0 Å². The largest absolute Gasteiger partial charge is 0.494 e. The lowest BCUT2D eigenvalue weighted by molar-refractivity contribution is -0.150. The molecule has 3 heterocycles. The van der Waals surface area contributed by atoms with Crippen molar-refractivity contribution >= 4 is 38.0 Å². The quantitative estimate of drug-likeness (QED) is 0.170. The van der Waals surface area contributed by atoms with Gasteiger partial charge in [0.05, 0.1) is 12.1 Å². The third-order valence-corrected chi connectivity index (χ3v) is 9.51. The first-order valence-electron chi connectivity index (χ1n) is 15.4. The van der Waals surface area contributed by atoms with Crippen LogP contribution < -0.4 is 20.5 Å². The predicted molar refractivity (Wildman–Crippen MR) is 171 cm³/mol. The molecule has 1 saturated heterocycles. The van der Waals surface area contributed by atoms with E-state index in [-0.39, 0.29) is 18.3 Å². The van der Waals surface area contributed by atoms with E-state index in [1.807, 2.05) is 35.6 Å². The number of aliphatic hydroxyl groups is 1. The molecular formula is C33H42N4O4S. The number of pyridine rings is 1. The van der Waals surface area contributed by atoms with Crippen molar-refractivity contribution in [2.45, 2.75) is 64.1 Å². The maximum atomic E-state index is 12.7. The molecular weight excluding hydrogens is 548 g/mol. The van der Waals surface area contributed by atoms with Gasteiger partial charge in [-0.3, -0.25) is 19.6 Å². The second kappa shape index (κ2) is 14.0. The van der Waals surface area contributed by atoms with Crippen LogP contribution in [-0.2, 0) is 11.5 Å². The molecule has 2 N–H and O–H groups in total. The standard InChI is InChI=1S/C33H42N4O4S/c38-32-14-12-25-11-13-27(23-30(25)37(32)24-41-33(39)34-26-7-2-1-3-8-26)40-21-5-4-16-35-17-19-36(20-18-35)29-9-6-10-31-28(29)15-22-42-31/h6,9-15,22-23,26,33-34,39H,1-5,7-8,16-21,24H2. The number of thiophene rings is 1. The lowest BCUT2D eigenvalue weighted by Crippen LogP contribution is -2.46. The van der Waals surface area contributed by atoms with Crippen molar-refractivity contribution in [1.29, 1.82) is 0 Å². The van der Waals surface area contributed by atoms with Gasteiger partial charge in [0, 0.05) is 60.1 Å². The van der Waals surface area contributed by atoms with Gasteiger partial charge in [-0.15, -0.1) is 11.3 Å². The van der Waals surface area contributed by atoms with E-state index in [4.69, 9.17) is 9.47 Å². The summed E-state index contributed by atoms with van der Waals surface area (Å²) in [7, 11) is 0. The molecule has 1 saturated carbocycles. The predicted octanol–water partition coefficient (Wildman–Crippen LogP) is 5.37. The van der Waals surface area contributed by atoms with E-state index >= 15 is 0 Å². The molecule has 1 atom stereocenters. The molecule has 0 bridgehead atoms. The van der Waals surface area contributed by atoms with Gasteiger partial charge in [-0.25, -0.2) is 0 Å². The summed E-state index contributed by atoms with van der Waals surface area (Å²) in [6.07, 6.45) is 6.61. The Balaban J connectivity index is 0.954. The summed E-state index contributed by atoms with van der Waals surface area (Å²) in [5.74, 6) is 0.735. The number of aliphatic hydroxyl groups excluding tert-OH is 1. The van der Waals surface area contributed by atoms with Crippen LogP contribution in [0.5, 0.6) is 5.75 Å². The zero-order chi connectivity index (χ0) is 28.7. The lowest BCUT2D eigenvalue weighted by Gasteiger charge is -2.36. The molecule has 4 aromatic rings. The molecule has 0 amide bonds. The number of unbranched alkanes of at least 4 members (excludes halogenated alkanes) is 1. The zero-order valence-corrected chi connectivity index (χ0v) is 25.1. The van der Waals surface area contributed by atoms with Crippen LogP contribution in [0.4, 0.5) is 5.69 Å². The molecule has 42 heavy (non-hydrogen) atoms. The summed E-state index contributed by atoms with van der Waals surface area (Å²) in [5.41, 5.74) is 1.93. The fraction of sp³-hybridized carbons (Fsp3) is 0.485. The molecule has 2 aliphatic rings. The van der Waals surface area contributed by atoms with Crippen molar-refractivity contribution in [2.24, 2.45) is 0 Å². The Bertz CT molecular complexity index is 1510. The van der Waals surface area contributed by atoms with Gasteiger partial charge in [0.2, 0.25) is 6.41 Å². The van der Waals surface area contributed by atoms with Gasteiger partial charge < -0.3 is 19.5 Å². The van der Waals surface area contributed by atoms with Gasteiger partial charge in [0.1, 0.15) is 12.5 Å². The number of piperazine rings is 1. The number of anilines is 1. The first-order valence-corrected chi connectivity index (χ1v) is 16.3. The molecule has 2 aromatic carbocycles. The third-order valence-electron chi connectivity index (χ3n) is 8.63. The number of hydrogen-bond donors (Lipinski definition) is 2. The Morgan fingerprint density at radius 1 is 0.976 bits per heavy atom. The fourth-order valence-electron chi connectivity index (χ4n) is 6.25. The molecule has 224 valence electrons. The number of aromatic nitrogens is 1. The molecule has 2 fully saturated rings. The van der Waals surface area contributed by atoms with Gasteiger partial charge in [-0.2, -0.15) is 0 Å². The topological polar surface area (TPSA) is 79.2 Å². The molecule has 8 nitrogen and oxygen atoms in total. The zero-order valence-electron chi connectivity index (χ0n) is 24.2. The molecule has 9 heteroatoms. The van der Waals surface area contributed by atoms with Crippen LogP contribution in [0.15, 0.2) is 64.8 Å². The minimum Gasteiger partial charge on any atom is -0.494 e. The third kappa shape index (κ3) is 7.15. The first-order chi connectivity index (χ1) is 20.6. The van der Waals surface area contributed by atoms with E-state index in [0.717, 1.165) is 75.1 Å². The number of fused-ring (bicyclic) bond motifs is 2. The number of rotatable bonds is 12. The van der Waals surface area contributed by atoms with E-state index in [2.05, 4.69) is 44.8 Å². The van der Waals surface area contributed by atoms with Crippen molar-refractivity contribution in [1.82, 2.24) is 14.8 Å². The Morgan fingerprint density at radius 2 is 1.81 bits per heavy atom. The highest BCUT2D eigenvalue weighted by atomic mass is 32.1. The summed E-state index contributed by atoms with van der Waals surface area (Å²) >= 11 is 1.81. The molecule has 6 rings (SSSR count). The maximum absolute atomic E-state index is 12.7. The van der Waals surface area contributed by atoms with Crippen molar-refractivity contribution < 1.29 is 14.6 Å². The summed E-state index contributed by atoms with van der Waals surface area (Å²) in [6, 6.07) is 18.3. The highest BCUT2D eigenvalue weighted by Gasteiger charge is 2.19. The molecule has 0 spiro atoms. The van der Waals surface area contributed by atoms with E-state index < -0.39 is 6.41 Å². The van der Waals surface area contributed by atoms with Crippen LogP contribution in [0.2, 0.25) is 0 Å². The minimum absolute atomic E-state index is 0.0316. The first kappa shape index (κ1) is 29.1. The molecule has 0 radical (unpaired) electrons. The normalized spacial score (nSPS) is 17.7. The van der Waals surface area contributed by atoms with E-state index in [1.165, 1.54) is 41.1 Å². The number of ether oxygens (including phenoxy) is 2. The van der Waals surface area contributed by atoms with Crippen LogP contribution in [0.3, 0.4) is 0 Å². The van der Waals surface area contributed by atoms with Crippen LogP contribution in [-0.4, -0.2) is 66.4 Å². The molecule has 2 aromatic heterocycles. The maximum Gasteiger partial charge on any atom is 0.252 e. The SMILES string of the molecule is O=c1ccc2ccc(OCCCCN3CCN(c4cccc5sccc45)CC3)cc2n1COC(O)NC1CCCCC1. The van der Waals surface area contributed by atoms with Gasteiger partial charge >= 0.3 is 0 Å². The van der Waals surface area contributed by atoms with Crippen LogP contribution in [0.1, 0.15) is 44.9 Å². The molecule has 1 unspecified atom stereocenters. The van der Waals surface area contributed by atoms with Crippen LogP contribution >= 0.6 is 11.3 Å². The van der Waals surface area contributed by atoms with Crippen molar-refractivity contribution in [2.75, 3.05) is 44.2 Å². The van der Waals surface area contributed by atoms with E-state index in [1.54, 1.807) is 4.57 Å². The summed E-state index contributed by atoms with van der Waals surface area (Å²) in [6.45, 7) is 5.95. The Morgan fingerprint density at radius 3 is 2.67 bits per heavy atom. The smallest absolute Gasteiger partial charge is 0.252 e. The Hall–Kier alpha value is -2.95. The summed E-state index contributed by atoms with van der Waals surface area (Å²) in [5, 5.41) is 18.0. The van der Waals surface area contributed by atoms with Gasteiger partial charge in [-0.1, -0.05) is 25.3 Å². The van der Waals surface area contributed by atoms with Crippen molar-refractivity contribution in [3.63, 3.8) is 0 Å². The highest BCUT2D eigenvalue weighted by Crippen LogP contribution is 2.31.